The first kappa shape index (κ1) is 20.4. The Hall–Kier alpha value is -3.35. The molecule has 0 bridgehead atoms. The molecular formula is C22H24N2O5. The number of hydrogen-bond acceptors (Lipinski definition) is 6. The van der Waals surface area contributed by atoms with Crippen LogP contribution >= 0.6 is 0 Å². The van der Waals surface area contributed by atoms with Gasteiger partial charge < -0.3 is 19.2 Å². The quantitative estimate of drug-likeness (QED) is 0.418. The molecular weight excluding hydrogens is 372 g/mol. The highest BCUT2D eigenvalue weighted by molar-refractivity contribution is 5.77. The van der Waals surface area contributed by atoms with Crippen molar-refractivity contribution in [2.24, 2.45) is 0 Å². The van der Waals surface area contributed by atoms with Gasteiger partial charge in [-0.15, -0.1) is 0 Å². The van der Waals surface area contributed by atoms with E-state index in [-0.39, 0.29) is 31.2 Å². The third-order valence-corrected chi connectivity index (χ3v) is 4.14. The number of carbonyl (C=O) groups is 1. The van der Waals surface area contributed by atoms with Crippen molar-refractivity contribution < 1.29 is 19.0 Å². The molecule has 29 heavy (non-hydrogen) atoms. The van der Waals surface area contributed by atoms with Gasteiger partial charge in [0.1, 0.15) is 30.5 Å². The third kappa shape index (κ3) is 6.07. The normalized spacial score (nSPS) is 10.7. The summed E-state index contributed by atoms with van der Waals surface area (Å²) in [5.74, 6) is 1.58. The highest BCUT2D eigenvalue weighted by Gasteiger charge is 2.08. The number of H-pyrrole nitrogens is 1. The van der Waals surface area contributed by atoms with E-state index in [0.29, 0.717) is 35.5 Å². The lowest BCUT2D eigenvalue weighted by atomic mass is 10.2. The van der Waals surface area contributed by atoms with Crippen molar-refractivity contribution >= 4 is 16.9 Å². The fraction of sp³-hybridized carbons (Fsp3) is 0.318. The molecule has 1 N–H and O–H groups in total. The second-order valence-electron chi connectivity index (χ2n) is 6.42. The van der Waals surface area contributed by atoms with Crippen molar-refractivity contribution in [3.8, 4) is 11.5 Å². The van der Waals surface area contributed by atoms with E-state index in [1.165, 1.54) is 0 Å². The Labute approximate surface area is 168 Å². The smallest absolute Gasteiger partial charge is 0.306 e. The number of aryl methyl sites for hydroxylation is 1. The van der Waals surface area contributed by atoms with Crippen LogP contribution in [-0.4, -0.2) is 35.8 Å². The molecule has 0 fully saturated rings. The first-order valence-electron chi connectivity index (χ1n) is 9.65. The summed E-state index contributed by atoms with van der Waals surface area (Å²) in [5, 5.41) is 0.529. The topological polar surface area (TPSA) is 90.5 Å². The van der Waals surface area contributed by atoms with E-state index in [4.69, 9.17) is 14.2 Å². The summed E-state index contributed by atoms with van der Waals surface area (Å²) in [7, 11) is 0. The van der Waals surface area contributed by atoms with Gasteiger partial charge in [0.2, 0.25) is 0 Å². The Morgan fingerprint density at radius 1 is 0.966 bits per heavy atom. The van der Waals surface area contributed by atoms with Crippen LogP contribution in [0.15, 0.2) is 53.3 Å². The lowest BCUT2D eigenvalue weighted by Gasteiger charge is -2.09. The van der Waals surface area contributed by atoms with Gasteiger partial charge in [-0.05, 0) is 42.8 Å². The Balaban J connectivity index is 1.39. The van der Waals surface area contributed by atoms with Gasteiger partial charge in [-0.3, -0.25) is 9.59 Å². The van der Waals surface area contributed by atoms with Crippen molar-refractivity contribution in [1.29, 1.82) is 0 Å². The Bertz CT molecular complexity index is 998. The standard InChI is InChI=1S/C22H24N2O5/c1-2-13-27-16-7-9-17(10-8-16)28-14-15-29-21(25)12-11-20-23-19-6-4-3-5-18(19)22(26)24-20/h3-10H,2,11-15H2,1H3,(H,23,24,26). The molecule has 7 heteroatoms. The van der Waals surface area contributed by atoms with Crippen LogP contribution in [-0.2, 0) is 16.0 Å². The first-order valence-corrected chi connectivity index (χ1v) is 9.65. The second kappa shape index (κ2) is 10.3. The summed E-state index contributed by atoms with van der Waals surface area (Å²) < 4.78 is 16.2. The average Bonchev–Trinajstić information content (AvgIpc) is 2.75. The minimum absolute atomic E-state index is 0.130. The lowest BCUT2D eigenvalue weighted by Crippen LogP contribution is -2.15. The van der Waals surface area contributed by atoms with Crippen LogP contribution in [0.3, 0.4) is 0 Å². The average molecular weight is 396 g/mol. The second-order valence-corrected chi connectivity index (χ2v) is 6.42. The molecule has 0 atom stereocenters. The zero-order valence-electron chi connectivity index (χ0n) is 16.3. The molecule has 1 heterocycles. The SMILES string of the molecule is CCCOc1ccc(OCCOC(=O)CCc2nc3ccccc3c(=O)[nH]2)cc1. The Morgan fingerprint density at radius 2 is 1.66 bits per heavy atom. The number of nitrogens with one attached hydrogen (secondary N) is 1. The van der Waals surface area contributed by atoms with Gasteiger partial charge in [0.25, 0.3) is 5.56 Å². The van der Waals surface area contributed by atoms with E-state index in [1.54, 1.807) is 18.2 Å². The van der Waals surface area contributed by atoms with E-state index >= 15 is 0 Å². The number of carbonyl (C=O) groups excluding carboxylic acids is 1. The maximum absolute atomic E-state index is 12.0. The van der Waals surface area contributed by atoms with Gasteiger partial charge in [0.05, 0.1) is 23.9 Å². The number of hydrogen-bond donors (Lipinski definition) is 1. The number of benzene rings is 2. The Kier molecular flexibility index (Phi) is 7.22. The van der Waals surface area contributed by atoms with Crippen molar-refractivity contribution in [3.63, 3.8) is 0 Å². The number of rotatable bonds is 10. The molecule has 3 rings (SSSR count). The van der Waals surface area contributed by atoms with Crippen molar-refractivity contribution in [2.75, 3.05) is 19.8 Å². The molecule has 2 aromatic carbocycles. The number of esters is 1. The minimum Gasteiger partial charge on any atom is -0.494 e. The lowest BCUT2D eigenvalue weighted by molar-refractivity contribution is -0.144. The predicted molar refractivity (Wildman–Crippen MR) is 109 cm³/mol. The molecule has 0 radical (unpaired) electrons. The minimum atomic E-state index is -0.368. The molecule has 0 aliphatic carbocycles. The van der Waals surface area contributed by atoms with Crippen molar-refractivity contribution in [3.05, 3.63) is 64.7 Å². The summed E-state index contributed by atoms with van der Waals surface area (Å²) in [5.41, 5.74) is 0.401. The van der Waals surface area contributed by atoms with Crippen molar-refractivity contribution in [2.45, 2.75) is 26.2 Å². The monoisotopic (exact) mass is 396 g/mol. The number of para-hydroxylation sites is 1. The summed E-state index contributed by atoms with van der Waals surface area (Å²) in [6, 6.07) is 14.4. The van der Waals surface area contributed by atoms with E-state index in [0.717, 1.165) is 12.2 Å². The number of aromatic amines is 1. The predicted octanol–water partition coefficient (Wildman–Crippen LogP) is 3.27. The molecule has 0 aliphatic heterocycles. The number of aromatic nitrogens is 2. The maximum atomic E-state index is 12.0. The largest absolute Gasteiger partial charge is 0.494 e. The van der Waals surface area contributed by atoms with Crippen LogP contribution in [0.5, 0.6) is 11.5 Å². The van der Waals surface area contributed by atoms with Crippen LogP contribution in [0.2, 0.25) is 0 Å². The van der Waals surface area contributed by atoms with Crippen LogP contribution < -0.4 is 15.0 Å². The van der Waals surface area contributed by atoms with Gasteiger partial charge in [-0.2, -0.15) is 0 Å². The zero-order chi connectivity index (χ0) is 20.5. The summed E-state index contributed by atoms with van der Waals surface area (Å²) in [4.78, 5) is 31.0. The fourth-order valence-corrected chi connectivity index (χ4v) is 2.71. The van der Waals surface area contributed by atoms with Gasteiger partial charge in [-0.1, -0.05) is 19.1 Å². The van der Waals surface area contributed by atoms with Crippen LogP contribution in [0, 0.1) is 0 Å². The molecule has 0 saturated carbocycles. The summed E-state index contributed by atoms with van der Waals surface area (Å²) in [6.07, 6.45) is 1.39. The number of fused-ring (bicyclic) bond motifs is 1. The van der Waals surface area contributed by atoms with E-state index in [2.05, 4.69) is 16.9 Å². The molecule has 0 aliphatic rings. The van der Waals surface area contributed by atoms with Gasteiger partial charge in [0.15, 0.2) is 0 Å². The molecule has 3 aromatic rings. The van der Waals surface area contributed by atoms with Gasteiger partial charge in [-0.25, -0.2) is 4.98 Å². The molecule has 1 aromatic heterocycles. The highest BCUT2D eigenvalue weighted by Crippen LogP contribution is 2.17. The number of nitrogens with zero attached hydrogens (tertiary/aromatic N) is 1. The van der Waals surface area contributed by atoms with E-state index in [1.807, 2.05) is 30.3 Å². The van der Waals surface area contributed by atoms with Crippen LogP contribution in [0.1, 0.15) is 25.6 Å². The fourth-order valence-electron chi connectivity index (χ4n) is 2.71. The van der Waals surface area contributed by atoms with Gasteiger partial charge in [0, 0.05) is 6.42 Å². The zero-order valence-corrected chi connectivity index (χ0v) is 16.3. The molecule has 0 amide bonds. The number of ether oxygens (including phenoxy) is 3. The molecule has 0 saturated heterocycles. The van der Waals surface area contributed by atoms with Crippen molar-refractivity contribution in [1.82, 2.24) is 9.97 Å². The Morgan fingerprint density at radius 3 is 2.38 bits per heavy atom. The first-order chi connectivity index (χ1) is 14.2. The summed E-state index contributed by atoms with van der Waals surface area (Å²) >= 11 is 0. The molecule has 0 unspecified atom stereocenters. The third-order valence-electron chi connectivity index (χ3n) is 4.14. The molecule has 152 valence electrons. The van der Waals surface area contributed by atoms with E-state index in [9.17, 15) is 9.59 Å². The summed E-state index contributed by atoms with van der Waals surface area (Å²) in [6.45, 7) is 3.13. The highest BCUT2D eigenvalue weighted by atomic mass is 16.6. The van der Waals surface area contributed by atoms with Crippen LogP contribution in [0.4, 0.5) is 0 Å². The molecule has 0 spiro atoms. The van der Waals surface area contributed by atoms with Gasteiger partial charge >= 0.3 is 5.97 Å². The van der Waals surface area contributed by atoms with E-state index < -0.39 is 0 Å². The van der Waals surface area contributed by atoms with Crippen LogP contribution in [0.25, 0.3) is 10.9 Å². The maximum Gasteiger partial charge on any atom is 0.306 e. The molecule has 7 nitrogen and oxygen atoms in total.